The zero-order valence-corrected chi connectivity index (χ0v) is 9.53. The topological polar surface area (TPSA) is 54.6 Å². The monoisotopic (exact) mass is 238 g/mol. The lowest BCUT2D eigenvalue weighted by Gasteiger charge is -2.02. The molecule has 5 heteroatoms. The minimum atomic E-state index is -0.811. The summed E-state index contributed by atoms with van der Waals surface area (Å²) in [6.07, 6.45) is 4.13. The fourth-order valence-electron chi connectivity index (χ4n) is 1.64. The highest BCUT2D eigenvalue weighted by Crippen LogP contribution is 2.19. The molecule has 16 heavy (non-hydrogen) atoms. The Bertz CT molecular complexity index is 548. The molecule has 1 N–H and O–H groups in total. The van der Waals surface area contributed by atoms with Crippen molar-refractivity contribution >= 4 is 23.2 Å². The smallest absolute Gasteiger partial charge is 0.303 e. The molecule has 2 aromatic rings. The molecule has 0 bridgehead atoms. The molecule has 2 heterocycles. The van der Waals surface area contributed by atoms with Gasteiger partial charge in [-0.15, -0.1) is 0 Å². The third-order valence-electron chi connectivity index (χ3n) is 2.37. The zero-order chi connectivity index (χ0) is 11.7. The number of hydrogen-bond donors (Lipinski definition) is 1. The van der Waals surface area contributed by atoms with Crippen LogP contribution in [0.1, 0.15) is 17.7 Å². The van der Waals surface area contributed by atoms with E-state index in [4.69, 9.17) is 16.7 Å². The van der Waals surface area contributed by atoms with Gasteiger partial charge in [-0.25, -0.2) is 4.98 Å². The van der Waals surface area contributed by atoms with E-state index in [1.807, 2.05) is 23.6 Å². The summed E-state index contributed by atoms with van der Waals surface area (Å²) in [6, 6.07) is 1.84. The zero-order valence-electron chi connectivity index (χ0n) is 8.77. The van der Waals surface area contributed by atoms with Crippen molar-refractivity contribution in [2.75, 3.05) is 0 Å². The molecule has 2 rings (SSSR count). The summed E-state index contributed by atoms with van der Waals surface area (Å²) in [7, 11) is 0. The number of carbonyl (C=O) groups is 1. The average Bonchev–Trinajstić information content (AvgIpc) is 2.58. The molecular formula is C11H11ClN2O2. The van der Waals surface area contributed by atoms with E-state index in [0.29, 0.717) is 17.1 Å². The molecule has 0 spiro atoms. The Morgan fingerprint density at radius 2 is 2.38 bits per heavy atom. The number of carboxylic acid groups (broad SMARTS) is 1. The fourth-order valence-corrected chi connectivity index (χ4v) is 1.95. The van der Waals surface area contributed by atoms with Crippen molar-refractivity contribution in [2.45, 2.75) is 19.8 Å². The number of hydrogen-bond acceptors (Lipinski definition) is 2. The SMILES string of the molecule is Cc1cc(Cl)c2ncc(CCC(=O)O)n2c1. The van der Waals surface area contributed by atoms with Gasteiger partial charge < -0.3 is 9.51 Å². The highest BCUT2D eigenvalue weighted by atomic mass is 35.5. The Morgan fingerprint density at radius 3 is 3.06 bits per heavy atom. The van der Waals surface area contributed by atoms with E-state index in [0.717, 1.165) is 11.3 Å². The van der Waals surface area contributed by atoms with Crippen molar-refractivity contribution in [1.82, 2.24) is 9.38 Å². The maximum Gasteiger partial charge on any atom is 0.303 e. The van der Waals surface area contributed by atoms with Crippen LogP contribution in [0.25, 0.3) is 5.65 Å². The Labute approximate surface area is 97.5 Å². The molecule has 4 nitrogen and oxygen atoms in total. The van der Waals surface area contributed by atoms with Crippen LogP contribution >= 0.6 is 11.6 Å². The number of pyridine rings is 1. The van der Waals surface area contributed by atoms with Crippen molar-refractivity contribution in [3.05, 3.63) is 34.7 Å². The molecule has 84 valence electrons. The Morgan fingerprint density at radius 1 is 1.62 bits per heavy atom. The van der Waals surface area contributed by atoms with Gasteiger partial charge in [0.2, 0.25) is 0 Å². The summed E-state index contributed by atoms with van der Waals surface area (Å²) >= 11 is 6.04. The third kappa shape index (κ3) is 2.02. The molecule has 0 amide bonds. The lowest BCUT2D eigenvalue weighted by Crippen LogP contribution is -2.00. The van der Waals surface area contributed by atoms with Gasteiger partial charge in [0.1, 0.15) is 0 Å². The molecule has 0 atom stereocenters. The second-order valence-corrected chi connectivity index (χ2v) is 4.11. The van der Waals surface area contributed by atoms with Gasteiger partial charge in [-0.05, 0) is 18.6 Å². The van der Waals surface area contributed by atoms with Gasteiger partial charge in [0.25, 0.3) is 0 Å². The quantitative estimate of drug-likeness (QED) is 0.893. The van der Waals surface area contributed by atoms with Gasteiger partial charge in [0.05, 0.1) is 11.4 Å². The highest BCUT2D eigenvalue weighted by Gasteiger charge is 2.08. The van der Waals surface area contributed by atoms with E-state index in [1.54, 1.807) is 6.20 Å². The van der Waals surface area contributed by atoms with E-state index >= 15 is 0 Å². The molecule has 0 aromatic carbocycles. The van der Waals surface area contributed by atoms with Crippen LogP contribution in [0.5, 0.6) is 0 Å². The summed E-state index contributed by atoms with van der Waals surface area (Å²) in [6.45, 7) is 1.94. The van der Waals surface area contributed by atoms with E-state index in [1.165, 1.54) is 0 Å². The van der Waals surface area contributed by atoms with E-state index in [-0.39, 0.29) is 6.42 Å². The summed E-state index contributed by atoms with van der Waals surface area (Å²) < 4.78 is 1.85. The van der Waals surface area contributed by atoms with Crippen molar-refractivity contribution in [1.29, 1.82) is 0 Å². The van der Waals surface area contributed by atoms with Crippen molar-refractivity contribution in [3.63, 3.8) is 0 Å². The number of imidazole rings is 1. The summed E-state index contributed by atoms with van der Waals surface area (Å²) in [5, 5.41) is 9.22. The first-order valence-corrected chi connectivity index (χ1v) is 5.29. The number of aryl methyl sites for hydroxylation is 2. The molecule has 0 fully saturated rings. The standard InChI is InChI=1S/C11H11ClN2O2/c1-7-4-9(12)11-13-5-8(14(11)6-7)2-3-10(15)16/h4-6H,2-3H2,1H3,(H,15,16). The minimum Gasteiger partial charge on any atom is -0.481 e. The first-order valence-electron chi connectivity index (χ1n) is 4.92. The number of aromatic nitrogens is 2. The molecule has 2 aromatic heterocycles. The number of rotatable bonds is 3. The Balaban J connectivity index is 2.43. The van der Waals surface area contributed by atoms with Crippen LogP contribution in [0, 0.1) is 6.92 Å². The lowest BCUT2D eigenvalue weighted by atomic mass is 10.2. The van der Waals surface area contributed by atoms with Crippen LogP contribution in [0.3, 0.4) is 0 Å². The second-order valence-electron chi connectivity index (χ2n) is 3.70. The molecule has 0 aliphatic heterocycles. The van der Waals surface area contributed by atoms with E-state index < -0.39 is 5.97 Å². The number of nitrogens with zero attached hydrogens (tertiary/aromatic N) is 2. The summed E-state index contributed by atoms with van der Waals surface area (Å²) in [5.74, 6) is -0.811. The van der Waals surface area contributed by atoms with Gasteiger partial charge in [-0.2, -0.15) is 0 Å². The van der Waals surface area contributed by atoms with Crippen LogP contribution in [0.4, 0.5) is 0 Å². The highest BCUT2D eigenvalue weighted by molar-refractivity contribution is 6.33. The molecule has 0 aliphatic carbocycles. The normalized spacial score (nSPS) is 10.9. The van der Waals surface area contributed by atoms with Crippen molar-refractivity contribution in [3.8, 4) is 0 Å². The molecule has 0 aliphatic rings. The maximum absolute atomic E-state index is 10.5. The minimum absolute atomic E-state index is 0.0966. The molecule has 0 unspecified atom stereocenters. The fraction of sp³-hybridized carbons (Fsp3) is 0.273. The summed E-state index contributed by atoms with van der Waals surface area (Å²) in [4.78, 5) is 14.7. The van der Waals surface area contributed by atoms with Gasteiger partial charge >= 0.3 is 5.97 Å². The Kier molecular flexibility index (Phi) is 2.83. The first kappa shape index (κ1) is 11.0. The van der Waals surface area contributed by atoms with Crippen LogP contribution in [0.15, 0.2) is 18.5 Å². The largest absolute Gasteiger partial charge is 0.481 e. The molecule has 0 radical (unpaired) electrons. The van der Waals surface area contributed by atoms with Crippen LogP contribution < -0.4 is 0 Å². The number of carboxylic acids is 1. The predicted octanol–water partition coefficient (Wildman–Crippen LogP) is 2.31. The lowest BCUT2D eigenvalue weighted by molar-refractivity contribution is -0.136. The van der Waals surface area contributed by atoms with E-state index in [2.05, 4.69) is 4.98 Å². The second kappa shape index (κ2) is 4.14. The van der Waals surface area contributed by atoms with E-state index in [9.17, 15) is 4.79 Å². The van der Waals surface area contributed by atoms with Crippen LogP contribution in [-0.2, 0) is 11.2 Å². The van der Waals surface area contributed by atoms with Crippen LogP contribution in [0.2, 0.25) is 5.02 Å². The van der Waals surface area contributed by atoms with Gasteiger partial charge in [0.15, 0.2) is 5.65 Å². The molecule has 0 saturated heterocycles. The molecule has 0 saturated carbocycles. The van der Waals surface area contributed by atoms with Crippen molar-refractivity contribution in [2.24, 2.45) is 0 Å². The van der Waals surface area contributed by atoms with Crippen molar-refractivity contribution < 1.29 is 9.90 Å². The number of halogens is 1. The Hall–Kier alpha value is -1.55. The third-order valence-corrected chi connectivity index (χ3v) is 2.65. The van der Waals surface area contributed by atoms with Gasteiger partial charge in [-0.3, -0.25) is 4.79 Å². The first-order chi connectivity index (χ1) is 7.58. The van der Waals surface area contributed by atoms with Crippen LogP contribution in [-0.4, -0.2) is 20.5 Å². The average molecular weight is 239 g/mol. The van der Waals surface area contributed by atoms with Gasteiger partial charge in [-0.1, -0.05) is 11.6 Å². The molecular weight excluding hydrogens is 228 g/mol. The van der Waals surface area contributed by atoms with Gasteiger partial charge in [0, 0.05) is 24.5 Å². The summed E-state index contributed by atoms with van der Waals surface area (Å²) in [5.41, 5.74) is 2.56. The number of aliphatic carboxylic acids is 1. The maximum atomic E-state index is 10.5. The predicted molar refractivity (Wildman–Crippen MR) is 60.9 cm³/mol. The number of fused-ring (bicyclic) bond motifs is 1.